The molecule has 4 aromatic carbocycles. The summed E-state index contributed by atoms with van der Waals surface area (Å²) >= 11 is 0. The van der Waals surface area contributed by atoms with Gasteiger partial charge in [-0.05, 0) is 81.3 Å². The highest BCUT2D eigenvalue weighted by Crippen LogP contribution is 2.32. The predicted molar refractivity (Wildman–Crippen MR) is 190 cm³/mol. The maximum atomic E-state index is 13.7. The Morgan fingerprint density at radius 2 is 1.47 bits per heavy atom. The lowest BCUT2D eigenvalue weighted by molar-refractivity contribution is -0.162. The number of esters is 1. The molecule has 0 radical (unpaired) electrons. The summed E-state index contributed by atoms with van der Waals surface area (Å²) in [5.41, 5.74) is 4.99. The highest BCUT2D eigenvalue weighted by Gasteiger charge is 2.42. The number of nitrogens with zero attached hydrogens (tertiary/aromatic N) is 3. The Morgan fingerprint density at radius 3 is 2.14 bits per heavy atom. The Morgan fingerprint density at radius 1 is 0.837 bits per heavy atom. The largest absolute Gasteiger partial charge is 0.462 e. The molecular formula is C40H41N3O6. The van der Waals surface area contributed by atoms with Gasteiger partial charge in [0.1, 0.15) is 5.54 Å². The summed E-state index contributed by atoms with van der Waals surface area (Å²) in [5.74, 6) is -0.998. The Kier molecular flexibility index (Phi) is 10.0. The van der Waals surface area contributed by atoms with Gasteiger partial charge >= 0.3 is 11.9 Å². The number of fused-ring (bicyclic) bond motifs is 3. The van der Waals surface area contributed by atoms with Gasteiger partial charge in [-0.15, -0.1) is 0 Å². The molecule has 0 bridgehead atoms. The van der Waals surface area contributed by atoms with Gasteiger partial charge in [-0.25, -0.2) is 9.59 Å². The van der Waals surface area contributed by atoms with E-state index < -0.39 is 17.5 Å². The van der Waals surface area contributed by atoms with Crippen molar-refractivity contribution in [2.45, 2.75) is 46.2 Å². The molecule has 1 unspecified atom stereocenters. The minimum absolute atomic E-state index is 0.0173. The van der Waals surface area contributed by atoms with Gasteiger partial charge in [-0.3, -0.25) is 9.69 Å². The number of carbonyl (C=O) groups excluding carboxylic acids is 3. The lowest BCUT2D eigenvalue weighted by Gasteiger charge is -2.40. The van der Waals surface area contributed by atoms with Crippen LogP contribution >= 0.6 is 0 Å². The van der Waals surface area contributed by atoms with Crippen LogP contribution < -0.4 is 0 Å². The fourth-order valence-corrected chi connectivity index (χ4v) is 6.50. The van der Waals surface area contributed by atoms with E-state index in [1.807, 2.05) is 78.6 Å². The molecule has 0 spiro atoms. The summed E-state index contributed by atoms with van der Waals surface area (Å²) in [6, 6.07) is 28.3. The number of ether oxygens (including phenoxy) is 2. The van der Waals surface area contributed by atoms with Crippen molar-refractivity contribution < 1.29 is 28.7 Å². The first-order chi connectivity index (χ1) is 23.7. The number of ketones is 1. The third-order valence-electron chi connectivity index (χ3n) is 9.50. The van der Waals surface area contributed by atoms with Gasteiger partial charge < -0.3 is 18.9 Å². The minimum atomic E-state index is -1.09. The number of hydrogen-bond donors (Lipinski definition) is 0. The number of aromatic nitrogens is 1. The van der Waals surface area contributed by atoms with E-state index in [0.29, 0.717) is 48.7 Å². The average Bonchev–Trinajstić information content (AvgIpc) is 3.46. The summed E-state index contributed by atoms with van der Waals surface area (Å²) in [5, 5.41) is 6.24. The Labute approximate surface area is 286 Å². The number of aryl methyl sites for hydroxylation is 2. The zero-order valence-electron chi connectivity index (χ0n) is 28.4. The predicted octanol–water partition coefficient (Wildman–Crippen LogP) is 6.96. The van der Waals surface area contributed by atoms with Crippen LogP contribution in [0.2, 0.25) is 0 Å². The van der Waals surface area contributed by atoms with Crippen molar-refractivity contribution in [2.24, 2.45) is 5.16 Å². The SMILES string of the molecule is CCn1c2ccc(C(=O)c3ccccc3C)cc2c2cc(C(C)=NOC(=O)C(C)(CCOC(=O)c3ccccc3)N3CCOCC3)ccc21. The van der Waals surface area contributed by atoms with Gasteiger partial charge in [-0.1, -0.05) is 53.7 Å². The van der Waals surface area contributed by atoms with Crippen LogP contribution in [0.15, 0.2) is 96.2 Å². The summed E-state index contributed by atoms with van der Waals surface area (Å²) < 4.78 is 13.3. The van der Waals surface area contributed by atoms with E-state index in [0.717, 1.165) is 39.5 Å². The van der Waals surface area contributed by atoms with Crippen molar-refractivity contribution >= 4 is 45.2 Å². The summed E-state index contributed by atoms with van der Waals surface area (Å²) in [7, 11) is 0. The van der Waals surface area contributed by atoms with E-state index in [2.05, 4.69) is 16.6 Å². The molecule has 6 rings (SSSR count). The molecule has 9 nitrogen and oxygen atoms in total. The van der Waals surface area contributed by atoms with Gasteiger partial charge in [0, 0.05) is 59.0 Å². The maximum Gasteiger partial charge on any atom is 0.354 e. The quantitative estimate of drug-likeness (QED) is 0.0497. The molecule has 2 heterocycles. The molecular weight excluding hydrogens is 618 g/mol. The van der Waals surface area contributed by atoms with E-state index in [-0.39, 0.29) is 18.8 Å². The lowest BCUT2D eigenvalue weighted by Crippen LogP contribution is -2.57. The fraction of sp³-hybridized carbons (Fsp3) is 0.300. The van der Waals surface area contributed by atoms with Gasteiger partial charge in [0.2, 0.25) is 0 Å². The van der Waals surface area contributed by atoms with E-state index in [4.69, 9.17) is 14.3 Å². The molecule has 0 saturated carbocycles. The Bertz CT molecular complexity index is 2040. The van der Waals surface area contributed by atoms with E-state index in [9.17, 15) is 14.4 Å². The Balaban J connectivity index is 1.25. The first kappa shape index (κ1) is 33.8. The van der Waals surface area contributed by atoms with Crippen LogP contribution in [0, 0.1) is 6.92 Å². The molecule has 0 N–H and O–H groups in total. The number of carbonyl (C=O) groups is 3. The molecule has 0 aliphatic carbocycles. The monoisotopic (exact) mass is 659 g/mol. The zero-order valence-corrected chi connectivity index (χ0v) is 28.4. The molecule has 1 saturated heterocycles. The lowest BCUT2D eigenvalue weighted by atomic mass is 9.95. The first-order valence-electron chi connectivity index (χ1n) is 16.7. The van der Waals surface area contributed by atoms with E-state index in [1.54, 1.807) is 38.1 Å². The van der Waals surface area contributed by atoms with Gasteiger partial charge in [0.05, 0.1) is 31.1 Å². The molecule has 1 aliphatic rings. The smallest absolute Gasteiger partial charge is 0.354 e. The van der Waals surface area contributed by atoms with Crippen LogP contribution in [0.3, 0.4) is 0 Å². The molecule has 1 fully saturated rings. The second kappa shape index (κ2) is 14.6. The number of morpholine rings is 1. The molecule has 1 atom stereocenters. The van der Waals surface area contributed by atoms with Crippen molar-refractivity contribution in [3.8, 4) is 0 Å². The van der Waals surface area contributed by atoms with Gasteiger partial charge in [-0.2, -0.15) is 0 Å². The van der Waals surface area contributed by atoms with Crippen LogP contribution in [-0.4, -0.2) is 71.3 Å². The van der Waals surface area contributed by atoms with Crippen LogP contribution in [-0.2, 0) is 25.7 Å². The van der Waals surface area contributed by atoms with Gasteiger partial charge in [0.15, 0.2) is 5.78 Å². The summed E-state index contributed by atoms with van der Waals surface area (Å²) in [4.78, 5) is 47.4. The molecule has 1 aromatic heterocycles. The molecule has 1 aliphatic heterocycles. The first-order valence-corrected chi connectivity index (χ1v) is 16.7. The van der Waals surface area contributed by atoms with E-state index >= 15 is 0 Å². The van der Waals surface area contributed by atoms with Crippen molar-refractivity contribution in [1.29, 1.82) is 0 Å². The fourth-order valence-electron chi connectivity index (χ4n) is 6.50. The zero-order chi connectivity index (χ0) is 34.5. The average molecular weight is 660 g/mol. The van der Waals surface area contributed by atoms with Crippen LogP contribution in [0.1, 0.15) is 64.6 Å². The van der Waals surface area contributed by atoms with Crippen LogP contribution in [0.5, 0.6) is 0 Å². The third kappa shape index (κ3) is 6.90. The highest BCUT2D eigenvalue weighted by atomic mass is 16.7. The number of oxime groups is 1. The standard InChI is InChI=1S/C40H41N3O6/c1-5-43-35-17-15-30(25-33(35)34-26-31(16-18-36(34)43)37(44)32-14-10-9-11-27(32)2)28(3)41-49-39(46)40(4,42-20-23-47-24-21-42)19-22-48-38(45)29-12-7-6-8-13-29/h6-18,25-26H,5,19-24H2,1-4H3. The second-order valence-electron chi connectivity index (χ2n) is 12.5. The molecule has 5 aromatic rings. The Hall–Kier alpha value is -5.12. The van der Waals surface area contributed by atoms with Crippen molar-refractivity contribution in [3.63, 3.8) is 0 Å². The summed E-state index contributed by atoms with van der Waals surface area (Å²) in [6.45, 7) is 10.5. The minimum Gasteiger partial charge on any atom is -0.462 e. The number of benzene rings is 4. The number of hydrogen-bond acceptors (Lipinski definition) is 8. The normalized spacial score (nSPS) is 15.2. The molecule has 252 valence electrons. The summed E-state index contributed by atoms with van der Waals surface area (Å²) in [6.07, 6.45) is 0.227. The maximum absolute atomic E-state index is 13.7. The molecule has 49 heavy (non-hydrogen) atoms. The van der Waals surface area contributed by atoms with Crippen molar-refractivity contribution in [3.05, 3.63) is 119 Å². The van der Waals surface area contributed by atoms with Crippen molar-refractivity contribution in [1.82, 2.24) is 9.47 Å². The topological polar surface area (TPSA) is 99.4 Å². The van der Waals surface area contributed by atoms with Crippen LogP contribution in [0.25, 0.3) is 21.8 Å². The molecule has 9 heteroatoms. The van der Waals surface area contributed by atoms with Crippen molar-refractivity contribution in [2.75, 3.05) is 32.9 Å². The van der Waals surface area contributed by atoms with Crippen LogP contribution in [0.4, 0.5) is 0 Å². The second-order valence-corrected chi connectivity index (χ2v) is 12.5. The van der Waals surface area contributed by atoms with Gasteiger partial charge in [0.25, 0.3) is 0 Å². The number of rotatable bonds is 11. The third-order valence-corrected chi connectivity index (χ3v) is 9.50. The highest BCUT2D eigenvalue weighted by molar-refractivity contribution is 6.16. The van der Waals surface area contributed by atoms with E-state index in [1.165, 1.54) is 0 Å². The molecule has 0 amide bonds.